The van der Waals surface area contributed by atoms with E-state index in [4.69, 9.17) is 4.74 Å². The molecule has 2 aromatic carbocycles. The van der Waals surface area contributed by atoms with Crippen molar-refractivity contribution in [3.05, 3.63) is 82.1 Å². The standard InChI is InChI=1S/C21H19BrN2O3/c1-14-12-17(15(2)24(14)16-8-4-3-5-9-16)21(26)27-13-20(25)23-19-11-7-6-10-18(19)22/h3-12H,13H2,1-2H3,(H,23,25). The van der Waals surface area contributed by atoms with Crippen LogP contribution in [0.2, 0.25) is 0 Å². The zero-order valence-electron chi connectivity index (χ0n) is 15.0. The molecule has 0 radical (unpaired) electrons. The number of para-hydroxylation sites is 2. The Balaban J connectivity index is 1.68. The van der Waals surface area contributed by atoms with Gasteiger partial charge in [-0.2, -0.15) is 0 Å². The number of ether oxygens (including phenoxy) is 1. The summed E-state index contributed by atoms with van der Waals surface area (Å²) in [5.41, 5.74) is 3.74. The van der Waals surface area contributed by atoms with E-state index >= 15 is 0 Å². The Hall–Kier alpha value is -2.86. The summed E-state index contributed by atoms with van der Waals surface area (Å²) in [5, 5.41) is 2.71. The van der Waals surface area contributed by atoms with Gasteiger partial charge in [-0.05, 0) is 60.1 Å². The van der Waals surface area contributed by atoms with Crippen LogP contribution in [0.25, 0.3) is 5.69 Å². The first-order valence-electron chi connectivity index (χ1n) is 8.43. The summed E-state index contributed by atoms with van der Waals surface area (Å²) in [7, 11) is 0. The Morgan fingerprint density at radius 1 is 1.04 bits per heavy atom. The summed E-state index contributed by atoms with van der Waals surface area (Å²) >= 11 is 3.36. The molecule has 0 spiro atoms. The van der Waals surface area contributed by atoms with Crippen LogP contribution in [0, 0.1) is 13.8 Å². The minimum Gasteiger partial charge on any atom is -0.452 e. The van der Waals surface area contributed by atoms with E-state index in [-0.39, 0.29) is 6.61 Å². The molecule has 1 heterocycles. The highest BCUT2D eigenvalue weighted by Gasteiger charge is 2.19. The number of aromatic nitrogens is 1. The van der Waals surface area contributed by atoms with Crippen molar-refractivity contribution < 1.29 is 14.3 Å². The third-order valence-electron chi connectivity index (χ3n) is 4.15. The number of hydrogen-bond acceptors (Lipinski definition) is 3. The van der Waals surface area contributed by atoms with Gasteiger partial charge >= 0.3 is 5.97 Å². The molecule has 0 unspecified atom stereocenters. The number of carbonyl (C=O) groups excluding carboxylic acids is 2. The fourth-order valence-electron chi connectivity index (χ4n) is 2.90. The molecule has 0 aliphatic carbocycles. The first-order chi connectivity index (χ1) is 13.0. The Kier molecular flexibility index (Phi) is 5.76. The van der Waals surface area contributed by atoms with Gasteiger partial charge in [0.05, 0.1) is 11.3 Å². The summed E-state index contributed by atoms with van der Waals surface area (Å²) in [5.74, 6) is -0.917. The van der Waals surface area contributed by atoms with Crippen molar-refractivity contribution in [2.24, 2.45) is 0 Å². The van der Waals surface area contributed by atoms with Crippen molar-refractivity contribution in [3.8, 4) is 5.69 Å². The second-order valence-electron chi connectivity index (χ2n) is 6.06. The van der Waals surface area contributed by atoms with Crippen LogP contribution in [0.3, 0.4) is 0 Å². The van der Waals surface area contributed by atoms with E-state index in [2.05, 4.69) is 21.2 Å². The smallest absolute Gasteiger partial charge is 0.340 e. The molecule has 138 valence electrons. The van der Waals surface area contributed by atoms with E-state index in [1.165, 1.54) is 0 Å². The van der Waals surface area contributed by atoms with E-state index in [1.54, 1.807) is 12.1 Å². The molecule has 5 nitrogen and oxygen atoms in total. The van der Waals surface area contributed by atoms with Crippen LogP contribution in [0.4, 0.5) is 5.69 Å². The topological polar surface area (TPSA) is 60.3 Å². The first-order valence-corrected chi connectivity index (χ1v) is 9.22. The van der Waals surface area contributed by atoms with E-state index in [0.29, 0.717) is 11.3 Å². The predicted molar refractivity (Wildman–Crippen MR) is 108 cm³/mol. The third kappa shape index (κ3) is 4.28. The summed E-state index contributed by atoms with van der Waals surface area (Å²) < 4.78 is 7.95. The Labute approximate surface area is 166 Å². The van der Waals surface area contributed by atoms with Crippen molar-refractivity contribution >= 4 is 33.5 Å². The quantitative estimate of drug-likeness (QED) is 0.603. The molecule has 3 rings (SSSR count). The summed E-state index contributed by atoms with van der Waals surface area (Å²) in [4.78, 5) is 24.5. The summed E-state index contributed by atoms with van der Waals surface area (Å²) in [6, 6.07) is 18.8. The minimum atomic E-state index is -0.521. The highest BCUT2D eigenvalue weighted by molar-refractivity contribution is 9.10. The number of anilines is 1. The molecular formula is C21H19BrN2O3. The monoisotopic (exact) mass is 426 g/mol. The molecular weight excluding hydrogens is 408 g/mol. The number of halogens is 1. The Morgan fingerprint density at radius 2 is 1.70 bits per heavy atom. The molecule has 1 amide bonds. The number of nitrogens with zero attached hydrogens (tertiary/aromatic N) is 1. The third-order valence-corrected chi connectivity index (χ3v) is 4.84. The zero-order chi connectivity index (χ0) is 19.4. The van der Waals surface area contributed by atoms with Crippen LogP contribution in [0.15, 0.2) is 65.1 Å². The van der Waals surface area contributed by atoms with E-state index in [0.717, 1.165) is 21.5 Å². The molecule has 0 saturated heterocycles. The maximum absolute atomic E-state index is 12.5. The van der Waals surface area contributed by atoms with Crippen LogP contribution >= 0.6 is 15.9 Å². The maximum Gasteiger partial charge on any atom is 0.340 e. The predicted octanol–water partition coefficient (Wildman–Crippen LogP) is 4.65. The summed E-state index contributed by atoms with van der Waals surface area (Å²) in [6.45, 7) is 3.43. The number of rotatable bonds is 5. The van der Waals surface area contributed by atoms with Gasteiger partial charge in [-0.1, -0.05) is 30.3 Å². The lowest BCUT2D eigenvalue weighted by molar-refractivity contribution is -0.119. The van der Waals surface area contributed by atoms with Gasteiger partial charge in [0, 0.05) is 21.5 Å². The van der Waals surface area contributed by atoms with Crippen LogP contribution in [-0.2, 0) is 9.53 Å². The molecule has 0 bridgehead atoms. The molecule has 1 aromatic heterocycles. The van der Waals surface area contributed by atoms with Gasteiger partial charge < -0.3 is 14.6 Å². The number of carbonyl (C=O) groups is 2. The van der Waals surface area contributed by atoms with Crippen LogP contribution < -0.4 is 5.32 Å². The average Bonchev–Trinajstić information content (AvgIpc) is 2.96. The van der Waals surface area contributed by atoms with Gasteiger partial charge in [0.1, 0.15) is 0 Å². The van der Waals surface area contributed by atoms with Crippen molar-refractivity contribution in [2.45, 2.75) is 13.8 Å². The lowest BCUT2D eigenvalue weighted by Gasteiger charge is -2.10. The van der Waals surface area contributed by atoms with Gasteiger partial charge in [0.2, 0.25) is 0 Å². The molecule has 27 heavy (non-hydrogen) atoms. The normalized spacial score (nSPS) is 10.5. The summed E-state index contributed by atoms with van der Waals surface area (Å²) in [6.07, 6.45) is 0. The maximum atomic E-state index is 12.5. The second-order valence-corrected chi connectivity index (χ2v) is 6.91. The van der Waals surface area contributed by atoms with Crippen molar-refractivity contribution in [1.82, 2.24) is 4.57 Å². The SMILES string of the molecule is Cc1cc(C(=O)OCC(=O)Nc2ccccc2Br)c(C)n1-c1ccccc1. The number of hydrogen-bond donors (Lipinski definition) is 1. The number of esters is 1. The van der Waals surface area contributed by atoms with Crippen molar-refractivity contribution in [2.75, 3.05) is 11.9 Å². The number of amides is 1. The van der Waals surface area contributed by atoms with Crippen LogP contribution in [0.5, 0.6) is 0 Å². The molecule has 6 heteroatoms. The molecule has 0 fully saturated rings. The minimum absolute atomic E-state index is 0.352. The van der Waals surface area contributed by atoms with Crippen LogP contribution in [-0.4, -0.2) is 23.1 Å². The zero-order valence-corrected chi connectivity index (χ0v) is 16.6. The Bertz CT molecular complexity index is 980. The van der Waals surface area contributed by atoms with Gasteiger partial charge in [-0.25, -0.2) is 4.79 Å². The highest BCUT2D eigenvalue weighted by atomic mass is 79.9. The van der Waals surface area contributed by atoms with Crippen molar-refractivity contribution in [1.29, 1.82) is 0 Å². The Morgan fingerprint density at radius 3 is 2.41 bits per heavy atom. The average molecular weight is 427 g/mol. The number of nitrogens with one attached hydrogen (secondary N) is 1. The van der Waals surface area contributed by atoms with E-state index in [1.807, 2.05) is 66.9 Å². The fourth-order valence-corrected chi connectivity index (χ4v) is 3.29. The largest absolute Gasteiger partial charge is 0.452 e. The van der Waals surface area contributed by atoms with Gasteiger partial charge in [-0.3, -0.25) is 4.79 Å². The molecule has 1 N–H and O–H groups in total. The number of benzene rings is 2. The van der Waals surface area contributed by atoms with Gasteiger partial charge in [0.25, 0.3) is 5.91 Å². The fraction of sp³-hybridized carbons (Fsp3) is 0.143. The van der Waals surface area contributed by atoms with Gasteiger partial charge in [-0.15, -0.1) is 0 Å². The molecule has 0 aliphatic rings. The highest BCUT2D eigenvalue weighted by Crippen LogP contribution is 2.22. The van der Waals surface area contributed by atoms with Gasteiger partial charge in [0.15, 0.2) is 6.61 Å². The first kappa shape index (κ1) is 18.9. The number of aryl methyl sites for hydroxylation is 1. The van der Waals surface area contributed by atoms with E-state index < -0.39 is 11.9 Å². The lowest BCUT2D eigenvalue weighted by Crippen LogP contribution is -2.21. The molecule has 0 aliphatic heterocycles. The van der Waals surface area contributed by atoms with Crippen molar-refractivity contribution in [3.63, 3.8) is 0 Å². The molecule has 3 aromatic rings. The van der Waals surface area contributed by atoms with E-state index in [9.17, 15) is 9.59 Å². The van der Waals surface area contributed by atoms with Crippen LogP contribution in [0.1, 0.15) is 21.7 Å². The second kappa shape index (κ2) is 8.22. The molecule has 0 saturated carbocycles. The molecule has 0 atom stereocenters. The lowest BCUT2D eigenvalue weighted by atomic mass is 10.2.